The minimum Gasteiger partial charge on any atom is -0.360 e. The maximum Gasteiger partial charge on any atom is 0.155 e. The van der Waals surface area contributed by atoms with E-state index in [0.717, 1.165) is 46.1 Å². The van der Waals surface area contributed by atoms with Crippen LogP contribution in [0, 0.1) is 10.7 Å². The van der Waals surface area contributed by atoms with Crippen LogP contribution in [0.3, 0.4) is 0 Å². The number of pyridine rings is 1. The zero-order valence-electron chi connectivity index (χ0n) is 14.1. The molecule has 0 spiro atoms. The topological polar surface area (TPSA) is 51.5 Å². The molecule has 3 aromatic rings. The fourth-order valence-electron chi connectivity index (χ4n) is 3.25. The van der Waals surface area contributed by atoms with Crippen molar-refractivity contribution in [3.63, 3.8) is 0 Å². The Bertz CT molecular complexity index is 979. The van der Waals surface area contributed by atoms with Crippen molar-refractivity contribution in [2.75, 3.05) is 6.61 Å². The third kappa shape index (κ3) is 3.20. The summed E-state index contributed by atoms with van der Waals surface area (Å²) in [7, 11) is 0. The van der Waals surface area contributed by atoms with E-state index in [1.54, 1.807) is 18.2 Å². The summed E-state index contributed by atoms with van der Waals surface area (Å²) >= 11 is 0. The Hall–Kier alpha value is -3.08. The molecule has 0 unspecified atom stereocenters. The lowest BCUT2D eigenvalue weighted by Crippen LogP contribution is -1.98. The van der Waals surface area contributed by atoms with E-state index in [9.17, 15) is 9.30 Å². The highest BCUT2D eigenvalue weighted by molar-refractivity contribution is 5.99. The Balaban J connectivity index is 1.96. The second-order valence-electron chi connectivity index (χ2n) is 6.36. The molecular weight excluding hydrogens is 331 g/mol. The lowest BCUT2D eigenvalue weighted by atomic mass is 9.92. The molecule has 0 saturated heterocycles. The second kappa shape index (κ2) is 7.04. The summed E-state index contributed by atoms with van der Waals surface area (Å²) in [5.41, 5.74) is 4.91. The molecule has 2 aromatic carbocycles. The molecule has 0 aliphatic heterocycles. The number of hydrogen-bond donors (Lipinski definition) is 0. The molecule has 1 aromatic heterocycles. The van der Waals surface area contributed by atoms with Crippen molar-refractivity contribution in [3.8, 4) is 11.1 Å². The standard InChI is InChI=1S/C21H17FN2O2/c22-16-11-9-14(10-12-16)20-17-4-1-2-6-19(17)23-21(15-7-8-15)18(20)5-3-13-26-24-25/h1-6,9-12,15H,7-8,13H2/b5-3+. The minimum absolute atomic E-state index is 0.100. The normalized spacial score (nSPS) is 14.0. The quantitative estimate of drug-likeness (QED) is 0.329. The molecular formula is C21H17FN2O2. The summed E-state index contributed by atoms with van der Waals surface area (Å²) in [5, 5.41) is 3.43. The molecule has 1 saturated carbocycles. The number of fused-ring (bicyclic) bond motifs is 1. The SMILES string of the molecule is O=NOC/C=C/c1c(C2CC2)nc2ccccc2c1-c1ccc(F)cc1. The number of nitrogens with zero attached hydrogens (tertiary/aromatic N) is 2. The first-order valence-corrected chi connectivity index (χ1v) is 8.57. The van der Waals surface area contributed by atoms with Gasteiger partial charge in [0, 0.05) is 22.4 Å². The first kappa shape index (κ1) is 16.4. The Morgan fingerprint density at radius 2 is 1.92 bits per heavy atom. The highest BCUT2D eigenvalue weighted by Gasteiger charge is 2.29. The molecule has 5 heteroatoms. The molecule has 1 aliphatic carbocycles. The summed E-state index contributed by atoms with van der Waals surface area (Å²) in [4.78, 5) is 19.6. The van der Waals surface area contributed by atoms with E-state index < -0.39 is 0 Å². The molecule has 0 atom stereocenters. The van der Waals surface area contributed by atoms with E-state index in [1.165, 1.54) is 12.1 Å². The molecule has 4 nitrogen and oxygen atoms in total. The molecule has 1 heterocycles. The maximum absolute atomic E-state index is 13.4. The summed E-state index contributed by atoms with van der Waals surface area (Å²) in [6.45, 7) is 0.100. The second-order valence-corrected chi connectivity index (χ2v) is 6.36. The average molecular weight is 348 g/mol. The van der Waals surface area contributed by atoms with Gasteiger partial charge in [0.2, 0.25) is 0 Å². The monoisotopic (exact) mass is 348 g/mol. The average Bonchev–Trinajstić information content (AvgIpc) is 3.50. The highest BCUT2D eigenvalue weighted by Crippen LogP contribution is 2.45. The number of benzene rings is 2. The van der Waals surface area contributed by atoms with Gasteiger partial charge >= 0.3 is 0 Å². The largest absolute Gasteiger partial charge is 0.360 e. The number of rotatable bonds is 6. The van der Waals surface area contributed by atoms with Crippen LogP contribution in [0.25, 0.3) is 28.1 Å². The van der Waals surface area contributed by atoms with Gasteiger partial charge in [-0.05, 0) is 42.7 Å². The number of hydrogen-bond acceptors (Lipinski definition) is 4. The summed E-state index contributed by atoms with van der Waals surface area (Å²) in [6.07, 6.45) is 5.91. The summed E-state index contributed by atoms with van der Waals surface area (Å²) in [5.74, 6) is 0.167. The van der Waals surface area contributed by atoms with Gasteiger partial charge in [0.05, 0.1) is 11.2 Å². The number of para-hydroxylation sites is 1. The van der Waals surface area contributed by atoms with E-state index in [0.29, 0.717) is 5.92 Å². The van der Waals surface area contributed by atoms with Gasteiger partial charge in [-0.1, -0.05) is 36.4 Å². The predicted molar refractivity (Wildman–Crippen MR) is 99.9 cm³/mol. The lowest BCUT2D eigenvalue weighted by molar-refractivity contribution is 0.170. The van der Waals surface area contributed by atoms with Crippen molar-refractivity contribution in [1.29, 1.82) is 0 Å². The fraction of sp³-hybridized carbons (Fsp3) is 0.190. The van der Waals surface area contributed by atoms with Crippen molar-refractivity contribution >= 4 is 17.0 Å². The van der Waals surface area contributed by atoms with Gasteiger partial charge in [-0.2, -0.15) is 0 Å². The van der Waals surface area contributed by atoms with Gasteiger partial charge in [0.1, 0.15) is 12.4 Å². The van der Waals surface area contributed by atoms with E-state index in [4.69, 9.17) is 4.98 Å². The van der Waals surface area contributed by atoms with Gasteiger partial charge in [-0.25, -0.2) is 4.39 Å². The number of halogens is 1. The lowest BCUT2D eigenvalue weighted by Gasteiger charge is -2.15. The zero-order valence-corrected chi connectivity index (χ0v) is 14.1. The fourth-order valence-corrected chi connectivity index (χ4v) is 3.25. The van der Waals surface area contributed by atoms with Crippen LogP contribution < -0.4 is 0 Å². The Kier molecular flexibility index (Phi) is 4.44. The molecule has 0 radical (unpaired) electrons. The molecule has 4 rings (SSSR count). The van der Waals surface area contributed by atoms with Gasteiger partial charge in [0.25, 0.3) is 0 Å². The van der Waals surface area contributed by atoms with E-state index in [1.807, 2.05) is 30.3 Å². The molecule has 0 amide bonds. The zero-order chi connectivity index (χ0) is 17.9. The molecule has 1 fully saturated rings. The molecule has 130 valence electrons. The van der Waals surface area contributed by atoms with E-state index >= 15 is 0 Å². The van der Waals surface area contributed by atoms with Crippen LogP contribution >= 0.6 is 0 Å². The Labute approximate surface area is 150 Å². The summed E-state index contributed by atoms with van der Waals surface area (Å²) in [6, 6.07) is 14.5. The Morgan fingerprint density at radius 3 is 2.65 bits per heavy atom. The van der Waals surface area contributed by atoms with Crippen LogP contribution in [0.4, 0.5) is 4.39 Å². The smallest absolute Gasteiger partial charge is 0.155 e. The van der Waals surface area contributed by atoms with Crippen LogP contribution in [0.1, 0.15) is 30.0 Å². The van der Waals surface area contributed by atoms with Crippen molar-refractivity contribution in [1.82, 2.24) is 4.98 Å². The van der Waals surface area contributed by atoms with E-state index in [-0.39, 0.29) is 12.4 Å². The van der Waals surface area contributed by atoms with Crippen molar-refractivity contribution in [2.45, 2.75) is 18.8 Å². The van der Waals surface area contributed by atoms with Crippen molar-refractivity contribution < 1.29 is 9.23 Å². The maximum atomic E-state index is 13.4. The molecule has 0 bridgehead atoms. The van der Waals surface area contributed by atoms with Crippen LogP contribution in [-0.4, -0.2) is 11.6 Å². The van der Waals surface area contributed by atoms with E-state index in [2.05, 4.69) is 10.2 Å². The van der Waals surface area contributed by atoms with Gasteiger partial charge < -0.3 is 4.84 Å². The first-order chi connectivity index (χ1) is 12.8. The van der Waals surface area contributed by atoms with Crippen molar-refractivity contribution in [3.05, 3.63) is 76.6 Å². The third-order valence-corrected chi connectivity index (χ3v) is 4.56. The summed E-state index contributed by atoms with van der Waals surface area (Å²) < 4.78 is 13.4. The Morgan fingerprint density at radius 1 is 1.15 bits per heavy atom. The number of aromatic nitrogens is 1. The highest BCUT2D eigenvalue weighted by atomic mass is 19.1. The van der Waals surface area contributed by atoms with Crippen LogP contribution in [-0.2, 0) is 4.84 Å². The molecule has 1 aliphatic rings. The van der Waals surface area contributed by atoms with Gasteiger partial charge in [-0.3, -0.25) is 4.98 Å². The van der Waals surface area contributed by atoms with Crippen LogP contribution in [0.15, 0.2) is 59.9 Å². The van der Waals surface area contributed by atoms with Gasteiger partial charge in [0.15, 0.2) is 5.34 Å². The third-order valence-electron chi connectivity index (χ3n) is 4.56. The van der Waals surface area contributed by atoms with Crippen molar-refractivity contribution in [2.24, 2.45) is 5.34 Å². The van der Waals surface area contributed by atoms with Crippen LogP contribution in [0.2, 0.25) is 0 Å². The van der Waals surface area contributed by atoms with Crippen LogP contribution in [0.5, 0.6) is 0 Å². The molecule has 26 heavy (non-hydrogen) atoms. The predicted octanol–water partition coefficient (Wildman–Crippen LogP) is 5.63. The minimum atomic E-state index is -0.267. The molecule has 0 N–H and O–H groups in total. The first-order valence-electron chi connectivity index (χ1n) is 8.57. The van der Waals surface area contributed by atoms with Gasteiger partial charge in [-0.15, -0.1) is 4.91 Å².